The molecule has 1 heterocycles. The van der Waals surface area contributed by atoms with Gasteiger partial charge >= 0.3 is 0 Å². The lowest BCUT2D eigenvalue weighted by Crippen LogP contribution is -2.41. The van der Waals surface area contributed by atoms with Crippen molar-refractivity contribution in [2.75, 3.05) is 26.3 Å². The van der Waals surface area contributed by atoms with E-state index in [1.165, 1.54) is 0 Å². The molecular formula is C7H14N2O2S. The van der Waals surface area contributed by atoms with E-state index >= 15 is 0 Å². The van der Waals surface area contributed by atoms with Crippen LogP contribution in [0.2, 0.25) is 0 Å². The van der Waals surface area contributed by atoms with Crippen LogP contribution in [0.1, 0.15) is 12.8 Å². The zero-order valence-corrected chi connectivity index (χ0v) is 7.81. The summed E-state index contributed by atoms with van der Waals surface area (Å²) < 4.78 is 26.5. The highest BCUT2D eigenvalue weighted by atomic mass is 32.2. The Morgan fingerprint density at radius 2 is 1.92 bits per heavy atom. The molecule has 2 rings (SSSR count). The second-order valence-electron chi connectivity index (χ2n) is 3.31. The Bertz CT molecular complexity index is 253. The van der Waals surface area contributed by atoms with Crippen molar-refractivity contribution in [1.29, 1.82) is 4.78 Å². The number of ether oxygens (including phenoxy) is 1. The molecule has 70 valence electrons. The topological polar surface area (TPSA) is 53.4 Å². The van der Waals surface area contributed by atoms with Crippen molar-refractivity contribution in [3.05, 3.63) is 0 Å². The van der Waals surface area contributed by atoms with Gasteiger partial charge < -0.3 is 4.74 Å². The van der Waals surface area contributed by atoms with E-state index in [4.69, 9.17) is 9.52 Å². The molecule has 0 radical (unpaired) electrons. The number of rotatable bonds is 2. The van der Waals surface area contributed by atoms with Crippen LogP contribution >= 0.6 is 0 Å². The van der Waals surface area contributed by atoms with Gasteiger partial charge in [0.05, 0.1) is 18.5 Å². The van der Waals surface area contributed by atoms with Gasteiger partial charge in [-0.15, -0.1) is 0 Å². The second kappa shape index (κ2) is 2.97. The van der Waals surface area contributed by atoms with Crippen LogP contribution < -0.4 is 0 Å². The first-order valence-electron chi connectivity index (χ1n) is 4.32. The van der Waals surface area contributed by atoms with Gasteiger partial charge in [0.15, 0.2) is 0 Å². The molecule has 2 aliphatic rings. The van der Waals surface area contributed by atoms with Crippen molar-refractivity contribution in [3.63, 3.8) is 0 Å². The van der Waals surface area contributed by atoms with Crippen LogP contribution in [-0.2, 0) is 14.7 Å². The number of hydrogen-bond acceptors (Lipinski definition) is 3. The van der Waals surface area contributed by atoms with Crippen molar-refractivity contribution in [1.82, 2.24) is 4.31 Å². The van der Waals surface area contributed by atoms with Gasteiger partial charge in [0.25, 0.3) is 0 Å². The zero-order chi connectivity index (χ0) is 8.60. The van der Waals surface area contributed by atoms with Crippen molar-refractivity contribution in [3.8, 4) is 0 Å². The third-order valence-corrected chi connectivity index (χ3v) is 4.84. The summed E-state index contributed by atoms with van der Waals surface area (Å²) in [5.74, 6) is 0. The monoisotopic (exact) mass is 190 g/mol. The van der Waals surface area contributed by atoms with E-state index in [0.29, 0.717) is 26.3 Å². The molecular weight excluding hydrogens is 176 g/mol. The fourth-order valence-corrected chi connectivity index (χ4v) is 3.30. The van der Waals surface area contributed by atoms with Gasteiger partial charge in [-0.2, -0.15) is 0 Å². The maximum absolute atomic E-state index is 11.8. The van der Waals surface area contributed by atoms with Gasteiger partial charge in [-0.25, -0.2) is 13.3 Å². The van der Waals surface area contributed by atoms with Gasteiger partial charge in [-0.1, -0.05) is 0 Å². The van der Waals surface area contributed by atoms with Crippen LogP contribution in [-0.4, -0.2) is 40.1 Å². The number of nitrogens with zero attached hydrogens (tertiary/aromatic N) is 1. The van der Waals surface area contributed by atoms with E-state index in [9.17, 15) is 4.21 Å². The van der Waals surface area contributed by atoms with Crippen molar-refractivity contribution >= 4 is 9.92 Å². The molecule has 0 bridgehead atoms. The minimum atomic E-state index is -2.44. The summed E-state index contributed by atoms with van der Waals surface area (Å²) in [5.41, 5.74) is 0. The lowest BCUT2D eigenvalue weighted by Gasteiger charge is -2.28. The van der Waals surface area contributed by atoms with Crippen LogP contribution in [0.5, 0.6) is 0 Å². The van der Waals surface area contributed by atoms with Gasteiger partial charge in [-0.3, -0.25) is 0 Å². The summed E-state index contributed by atoms with van der Waals surface area (Å²) in [4.78, 5) is 0. The number of nitrogens with one attached hydrogen (secondary N) is 1. The molecule has 0 aromatic carbocycles. The molecule has 2 fully saturated rings. The van der Waals surface area contributed by atoms with E-state index in [0.717, 1.165) is 12.8 Å². The molecule has 1 saturated carbocycles. The Balaban J connectivity index is 2.05. The minimum absolute atomic E-state index is 0.149. The summed E-state index contributed by atoms with van der Waals surface area (Å²) in [6.07, 6.45) is 1.94. The van der Waals surface area contributed by atoms with Crippen LogP contribution in [0.15, 0.2) is 0 Å². The van der Waals surface area contributed by atoms with E-state index < -0.39 is 9.92 Å². The lowest BCUT2D eigenvalue weighted by molar-refractivity contribution is 0.0743. The number of morpholine rings is 1. The average Bonchev–Trinajstić information content (AvgIpc) is 2.88. The highest BCUT2D eigenvalue weighted by molar-refractivity contribution is 7.91. The Kier molecular flexibility index (Phi) is 2.10. The molecule has 4 nitrogen and oxygen atoms in total. The first kappa shape index (κ1) is 8.47. The summed E-state index contributed by atoms with van der Waals surface area (Å²) in [6.45, 7) is 2.59. The molecule has 0 amide bonds. The smallest absolute Gasteiger partial charge is 0.110 e. The SMILES string of the molecule is N=S(=O)(C1CC1)N1CCOCC1. The predicted octanol–water partition coefficient (Wildman–Crippen LogP) is 0.443. The largest absolute Gasteiger partial charge is 0.379 e. The van der Waals surface area contributed by atoms with Crippen molar-refractivity contribution in [2.24, 2.45) is 0 Å². The third kappa shape index (κ3) is 1.48. The van der Waals surface area contributed by atoms with E-state index in [2.05, 4.69) is 0 Å². The molecule has 12 heavy (non-hydrogen) atoms. The first-order chi connectivity index (χ1) is 5.71. The molecule has 1 saturated heterocycles. The molecule has 1 atom stereocenters. The standard InChI is InChI=1S/C7H14N2O2S/c8-12(10,7-1-2-7)9-3-5-11-6-4-9/h7-8H,1-6H2. The molecule has 1 aliphatic carbocycles. The molecule has 1 unspecified atom stereocenters. The Morgan fingerprint density at radius 3 is 2.42 bits per heavy atom. The second-order valence-corrected chi connectivity index (χ2v) is 5.63. The van der Waals surface area contributed by atoms with Crippen molar-refractivity contribution in [2.45, 2.75) is 18.1 Å². The zero-order valence-electron chi connectivity index (χ0n) is 6.99. The summed E-state index contributed by atoms with van der Waals surface area (Å²) in [7, 11) is -2.44. The first-order valence-corrected chi connectivity index (χ1v) is 5.89. The summed E-state index contributed by atoms with van der Waals surface area (Å²) in [5, 5.41) is 0.149. The maximum atomic E-state index is 11.8. The van der Waals surface area contributed by atoms with Gasteiger partial charge in [-0.05, 0) is 12.8 Å². The highest BCUT2D eigenvalue weighted by Gasteiger charge is 2.37. The van der Waals surface area contributed by atoms with Crippen LogP contribution in [0, 0.1) is 4.78 Å². The Hall–Kier alpha value is -0.130. The fourth-order valence-electron chi connectivity index (χ4n) is 1.42. The summed E-state index contributed by atoms with van der Waals surface area (Å²) >= 11 is 0. The number of hydrogen-bond donors (Lipinski definition) is 1. The average molecular weight is 190 g/mol. The Morgan fingerprint density at radius 1 is 1.33 bits per heavy atom. The molecule has 0 aromatic heterocycles. The third-order valence-electron chi connectivity index (χ3n) is 2.33. The van der Waals surface area contributed by atoms with Crippen molar-refractivity contribution < 1.29 is 8.95 Å². The minimum Gasteiger partial charge on any atom is -0.379 e. The quantitative estimate of drug-likeness (QED) is 0.687. The van der Waals surface area contributed by atoms with Gasteiger partial charge in [0.1, 0.15) is 9.92 Å². The molecule has 1 N–H and O–H groups in total. The normalized spacial score (nSPS) is 31.3. The lowest BCUT2D eigenvalue weighted by atomic mass is 10.5. The Labute approximate surface area is 73.0 Å². The molecule has 5 heteroatoms. The fraction of sp³-hybridized carbons (Fsp3) is 1.00. The van der Waals surface area contributed by atoms with E-state index in [1.54, 1.807) is 4.31 Å². The molecule has 1 aliphatic heterocycles. The maximum Gasteiger partial charge on any atom is 0.110 e. The van der Waals surface area contributed by atoms with Crippen LogP contribution in [0.25, 0.3) is 0 Å². The van der Waals surface area contributed by atoms with Gasteiger partial charge in [0, 0.05) is 13.1 Å². The van der Waals surface area contributed by atoms with Crippen LogP contribution in [0.4, 0.5) is 0 Å². The van der Waals surface area contributed by atoms with E-state index in [-0.39, 0.29) is 5.25 Å². The summed E-state index contributed by atoms with van der Waals surface area (Å²) in [6, 6.07) is 0. The van der Waals surface area contributed by atoms with Crippen LogP contribution in [0.3, 0.4) is 0 Å². The van der Waals surface area contributed by atoms with Gasteiger partial charge in [0.2, 0.25) is 0 Å². The predicted molar refractivity (Wildman–Crippen MR) is 46.3 cm³/mol. The van der Waals surface area contributed by atoms with E-state index in [1.807, 2.05) is 0 Å². The molecule has 0 spiro atoms. The molecule has 0 aromatic rings. The highest BCUT2D eigenvalue weighted by Crippen LogP contribution is 2.31.